The molecule has 0 bridgehead atoms. The molecular weight excluding hydrogens is 597 g/mol. The number of fused-ring (bicyclic) bond motifs is 13. The molecule has 3 nitrogen and oxygen atoms in total. The number of furan rings is 1. The normalized spacial score (nSPS) is 12.5. The van der Waals surface area contributed by atoms with Crippen molar-refractivity contribution in [2.75, 3.05) is 0 Å². The van der Waals surface area contributed by atoms with E-state index in [1.807, 2.05) is 12.1 Å². The van der Waals surface area contributed by atoms with E-state index in [0.717, 1.165) is 38.8 Å². The van der Waals surface area contributed by atoms with Crippen LogP contribution in [0.1, 0.15) is 0 Å². The predicted octanol–water partition coefficient (Wildman–Crippen LogP) is 12.6. The molecule has 0 saturated carbocycles. The van der Waals surface area contributed by atoms with Gasteiger partial charge in [0.05, 0.1) is 22.1 Å². The number of nitrogens with zero attached hydrogens (tertiary/aromatic N) is 2. The first-order chi connectivity index (χ1) is 24.3. The van der Waals surface area contributed by atoms with Crippen LogP contribution < -0.4 is 0 Å². The summed E-state index contributed by atoms with van der Waals surface area (Å²) in [6.45, 7) is 0. The summed E-state index contributed by atoms with van der Waals surface area (Å²) in [5, 5.41) is 9.96. The fraction of sp³-hybridized carbons (Fsp3) is 0. The fourth-order valence-electron chi connectivity index (χ4n) is 8.81. The first-order valence-corrected chi connectivity index (χ1v) is 16.9. The van der Waals surface area contributed by atoms with Gasteiger partial charge in [0.2, 0.25) is 0 Å². The molecule has 8 aromatic carbocycles. The Morgan fingerprint density at radius 3 is 1.71 bits per heavy atom. The summed E-state index contributed by atoms with van der Waals surface area (Å²) in [6.07, 6.45) is 0. The van der Waals surface area contributed by atoms with Gasteiger partial charge < -0.3 is 13.6 Å². The smallest absolute Gasteiger partial charge is 0.137 e. The van der Waals surface area contributed by atoms with Gasteiger partial charge in [0.25, 0.3) is 0 Å². The number of rotatable bonds is 2. The lowest BCUT2D eigenvalue weighted by Gasteiger charge is -2.13. The van der Waals surface area contributed by atoms with Crippen LogP contribution in [0.4, 0.5) is 0 Å². The molecule has 49 heavy (non-hydrogen) atoms. The van der Waals surface area contributed by atoms with Gasteiger partial charge in [-0.05, 0) is 82.2 Å². The maximum Gasteiger partial charge on any atom is 0.137 e. The molecule has 12 rings (SSSR count). The van der Waals surface area contributed by atoms with E-state index in [1.165, 1.54) is 71.1 Å². The van der Waals surface area contributed by atoms with Gasteiger partial charge in [-0.2, -0.15) is 0 Å². The van der Waals surface area contributed by atoms with Gasteiger partial charge in [-0.3, -0.25) is 0 Å². The first kappa shape index (κ1) is 25.5. The number of aromatic nitrogens is 2. The fourth-order valence-corrected chi connectivity index (χ4v) is 8.81. The van der Waals surface area contributed by atoms with Crippen molar-refractivity contribution in [3.63, 3.8) is 0 Å². The van der Waals surface area contributed by atoms with Crippen LogP contribution in [0.15, 0.2) is 162 Å². The third kappa shape index (κ3) is 3.22. The molecule has 11 aromatic rings. The maximum atomic E-state index is 6.36. The quantitative estimate of drug-likeness (QED) is 0.188. The summed E-state index contributed by atoms with van der Waals surface area (Å²) in [6, 6.07) is 57.5. The van der Waals surface area contributed by atoms with E-state index in [1.54, 1.807) is 0 Å². The van der Waals surface area contributed by atoms with Crippen LogP contribution in [0, 0.1) is 0 Å². The highest BCUT2D eigenvalue weighted by Crippen LogP contribution is 2.51. The van der Waals surface area contributed by atoms with Crippen LogP contribution in [0.25, 0.3) is 110 Å². The van der Waals surface area contributed by atoms with Crippen LogP contribution in [0.3, 0.4) is 0 Å². The van der Waals surface area contributed by atoms with Crippen molar-refractivity contribution >= 4 is 76.3 Å². The third-order valence-corrected chi connectivity index (χ3v) is 10.8. The molecule has 0 amide bonds. The van der Waals surface area contributed by atoms with E-state index in [9.17, 15) is 0 Å². The first-order valence-electron chi connectivity index (χ1n) is 16.9. The van der Waals surface area contributed by atoms with E-state index in [2.05, 4.69) is 155 Å². The minimum Gasteiger partial charge on any atom is -0.456 e. The van der Waals surface area contributed by atoms with Gasteiger partial charge in [0.15, 0.2) is 0 Å². The second-order valence-electron chi connectivity index (χ2n) is 13.3. The molecule has 0 unspecified atom stereocenters. The van der Waals surface area contributed by atoms with Crippen LogP contribution in [-0.2, 0) is 0 Å². The molecule has 1 aliphatic rings. The molecule has 0 radical (unpaired) electrons. The monoisotopic (exact) mass is 622 g/mol. The Hall–Kier alpha value is -6.58. The molecule has 0 aliphatic heterocycles. The van der Waals surface area contributed by atoms with Gasteiger partial charge in [0, 0.05) is 55.1 Å². The number of para-hydroxylation sites is 3. The molecule has 3 aromatic heterocycles. The van der Waals surface area contributed by atoms with Gasteiger partial charge >= 0.3 is 0 Å². The molecule has 0 saturated heterocycles. The molecule has 226 valence electrons. The number of hydrogen-bond acceptors (Lipinski definition) is 1. The number of hydrogen-bond donors (Lipinski definition) is 0. The van der Waals surface area contributed by atoms with Crippen molar-refractivity contribution in [2.45, 2.75) is 0 Å². The zero-order valence-electron chi connectivity index (χ0n) is 26.3. The summed E-state index contributed by atoms with van der Waals surface area (Å²) in [4.78, 5) is 0. The summed E-state index contributed by atoms with van der Waals surface area (Å²) in [7, 11) is 0. The number of benzene rings is 8. The Bertz CT molecular complexity index is 3210. The molecule has 1 aliphatic carbocycles. The predicted molar refractivity (Wildman–Crippen MR) is 204 cm³/mol. The summed E-state index contributed by atoms with van der Waals surface area (Å²) in [5.41, 5.74) is 14.2. The van der Waals surface area contributed by atoms with Crippen molar-refractivity contribution in [3.8, 4) is 33.6 Å². The molecule has 3 heteroatoms. The highest BCUT2D eigenvalue weighted by molar-refractivity contribution is 6.27. The van der Waals surface area contributed by atoms with E-state index in [4.69, 9.17) is 4.42 Å². The third-order valence-electron chi connectivity index (χ3n) is 10.8. The lowest BCUT2D eigenvalue weighted by molar-refractivity contribution is 0.669. The summed E-state index contributed by atoms with van der Waals surface area (Å²) >= 11 is 0. The van der Waals surface area contributed by atoms with Crippen LogP contribution >= 0.6 is 0 Å². The highest BCUT2D eigenvalue weighted by atomic mass is 16.3. The minimum atomic E-state index is 0.907. The minimum absolute atomic E-state index is 0.907. The molecule has 0 atom stereocenters. The summed E-state index contributed by atoms with van der Waals surface area (Å²) < 4.78 is 11.2. The van der Waals surface area contributed by atoms with Crippen molar-refractivity contribution in [2.24, 2.45) is 0 Å². The second kappa shape index (κ2) is 9.06. The average molecular weight is 623 g/mol. The lowest BCUT2D eigenvalue weighted by Crippen LogP contribution is -1.97. The van der Waals surface area contributed by atoms with Gasteiger partial charge in [0.1, 0.15) is 11.2 Å². The Kier molecular flexibility index (Phi) is 4.72. The lowest BCUT2D eigenvalue weighted by atomic mass is 9.99. The molecular formula is C46H26N2O. The van der Waals surface area contributed by atoms with Crippen molar-refractivity contribution in [1.29, 1.82) is 0 Å². The van der Waals surface area contributed by atoms with Gasteiger partial charge in [-0.1, -0.05) is 97.1 Å². The second-order valence-corrected chi connectivity index (χ2v) is 13.3. The Morgan fingerprint density at radius 1 is 0.327 bits per heavy atom. The zero-order chi connectivity index (χ0) is 31.8. The highest BCUT2D eigenvalue weighted by Gasteiger charge is 2.25. The standard InChI is InChI=1S/C46H26N2O/c1-2-11-30-29(10-1)34-15-9-16-35-45(34)38(30)25-39-32-13-4-7-18-41(32)48(46(35)39)28-22-20-27(21-23-28)47-40-17-6-3-12-31(40)36-24-37-33-14-5-8-19-43(33)49-44(37)26-42(36)47/h1-26H. The molecule has 0 N–H and O–H groups in total. The van der Waals surface area contributed by atoms with Gasteiger partial charge in [-0.15, -0.1) is 0 Å². The molecule has 3 heterocycles. The molecule has 0 fully saturated rings. The van der Waals surface area contributed by atoms with Crippen molar-refractivity contribution < 1.29 is 4.42 Å². The van der Waals surface area contributed by atoms with E-state index >= 15 is 0 Å². The van der Waals surface area contributed by atoms with Crippen LogP contribution in [-0.4, -0.2) is 9.13 Å². The Labute approximate surface area is 280 Å². The van der Waals surface area contributed by atoms with E-state index in [-0.39, 0.29) is 0 Å². The maximum absolute atomic E-state index is 6.36. The van der Waals surface area contributed by atoms with Crippen molar-refractivity contribution in [1.82, 2.24) is 9.13 Å². The van der Waals surface area contributed by atoms with Crippen LogP contribution in [0.2, 0.25) is 0 Å². The largest absolute Gasteiger partial charge is 0.456 e. The molecule has 0 spiro atoms. The van der Waals surface area contributed by atoms with Crippen LogP contribution in [0.5, 0.6) is 0 Å². The van der Waals surface area contributed by atoms with Gasteiger partial charge in [-0.25, -0.2) is 0 Å². The Balaban J connectivity index is 1.11. The van der Waals surface area contributed by atoms with Crippen molar-refractivity contribution in [3.05, 3.63) is 158 Å². The van der Waals surface area contributed by atoms with E-state index < -0.39 is 0 Å². The van der Waals surface area contributed by atoms with E-state index in [0.29, 0.717) is 0 Å². The summed E-state index contributed by atoms with van der Waals surface area (Å²) in [5.74, 6) is 0. The zero-order valence-corrected chi connectivity index (χ0v) is 26.3. The topological polar surface area (TPSA) is 23.0 Å². The average Bonchev–Trinajstić information content (AvgIpc) is 3.88. The Morgan fingerprint density at radius 2 is 0.918 bits per heavy atom. The SMILES string of the molecule is c1ccc2c(c1)-c1cccc3c1c-2cc1c2ccccc2n(-c2ccc(-n4c5ccccc5c5cc6c(cc54)oc4ccccc46)cc2)c31.